The maximum absolute atomic E-state index is 6.15. The maximum Gasteiger partial charge on any atom is 0.229 e. The van der Waals surface area contributed by atoms with Gasteiger partial charge in [-0.3, -0.25) is 0 Å². The number of rotatable bonds is 7. The maximum atomic E-state index is 6.15. The third-order valence-corrected chi connectivity index (χ3v) is 6.29. The van der Waals surface area contributed by atoms with Crippen LogP contribution < -0.4 is 20.1 Å². The topological polar surface area (TPSA) is 107 Å². The molecule has 2 N–H and O–H groups in total. The summed E-state index contributed by atoms with van der Waals surface area (Å²) in [5.74, 6) is 3.21. The third kappa shape index (κ3) is 4.76. The van der Waals surface area contributed by atoms with E-state index in [2.05, 4.69) is 30.7 Å². The van der Waals surface area contributed by atoms with Gasteiger partial charge in [0.1, 0.15) is 12.1 Å². The smallest absolute Gasteiger partial charge is 0.229 e. The molecule has 0 amide bonds. The predicted molar refractivity (Wildman–Crippen MR) is 129 cm³/mol. The molecule has 0 bridgehead atoms. The van der Waals surface area contributed by atoms with Gasteiger partial charge in [-0.1, -0.05) is 16.8 Å². The summed E-state index contributed by atoms with van der Waals surface area (Å²) in [6.07, 6.45) is 3.49. The molecule has 2 aromatic carbocycles. The van der Waals surface area contributed by atoms with Crippen molar-refractivity contribution >= 4 is 34.0 Å². The van der Waals surface area contributed by atoms with Crippen molar-refractivity contribution in [2.45, 2.75) is 32.3 Å². The van der Waals surface area contributed by atoms with E-state index in [1.807, 2.05) is 37.3 Å². The Morgan fingerprint density at radius 3 is 2.79 bits per heavy atom. The number of hydrogen-bond donors (Lipinski definition) is 2. The molecule has 176 valence electrons. The molecule has 5 rings (SSSR count). The van der Waals surface area contributed by atoms with Gasteiger partial charge >= 0.3 is 0 Å². The van der Waals surface area contributed by atoms with Crippen LogP contribution in [0.25, 0.3) is 10.9 Å². The van der Waals surface area contributed by atoms with Crippen LogP contribution in [0.15, 0.2) is 41.2 Å². The summed E-state index contributed by atoms with van der Waals surface area (Å²) in [5.41, 5.74) is 2.56. The van der Waals surface area contributed by atoms with Gasteiger partial charge in [-0.15, -0.1) is 0 Å². The van der Waals surface area contributed by atoms with Gasteiger partial charge in [0.05, 0.1) is 12.6 Å². The fourth-order valence-corrected chi connectivity index (χ4v) is 4.12. The first-order valence-electron chi connectivity index (χ1n) is 11.1. The first-order chi connectivity index (χ1) is 16.6. The number of piperidine rings is 1. The van der Waals surface area contributed by atoms with E-state index in [0.717, 1.165) is 42.6 Å². The van der Waals surface area contributed by atoms with Crippen LogP contribution >= 0.6 is 11.6 Å². The summed E-state index contributed by atoms with van der Waals surface area (Å²) < 4.78 is 17.0. The zero-order chi connectivity index (χ0) is 23.5. The van der Waals surface area contributed by atoms with Gasteiger partial charge in [0, 0.05) is 28.1 Å². The Bertz CT molecular complexity index is 1310. The molecule has 0 unspecified atom stereocenters. The predicted octanol–water partition coefficient (Wildman–Crippen LogP) is 4.77. The highest BCUT2D eigenvalue weighted by molar-refractivity contribution is 6.31. The number of fused-ring (bicyclic) bond motifs is 1. The summed E-state index contributed by atoms with van der Waals surface area (Å²) in [6, 6.07) is 9.40. The first-order valence-corrected chi connectivity index (χ1v) is 11.5. The van der Waals surface area contributed by atoms with Gasteiger partial charge in [-0.2, -0.15) is 4.98 Å². The van der Waals surface area contributed by atoms with Crippen molar-refractivity contribution in [2.24, 2.45) is 0 Å². The first kappa shape index (κ1) is 22.4. The van der Waals surface area contributed by atoms with E-state index in [1.54, 1.807) is 7.11 Å². The molecule has 0 radical (unpaired) electrons. The summed E-state index contributed by atoms with van der Waals surface area (Å²) in [4.78, 5) is 13.3. The minimum Gasteiger partial charge on any atom is -0.493 e. The minimum atomic E-state index is 0.163. The summed E-state index contributed by atoms with van der Waals surface area (Å²) >= 11 is 6.15. The van der Waals surface area contributed by atoms with Crippen LogP contribution in [-0.2, 0) is 6.61 Å². The summed E-state index contributed by atoms with van der Waals surface area (Å²) in [5, 5.41) is 12.3. The molecule has 1 fully saturated rings. The lowest BCUT2D eigenvalue weighted by molar-refractivity contribution is 0.267. The van der Waals surface area contributed by atoms with Crippen molar-refractivity contribution in [3.8, 4) is 11.5 Å². The molecule has 0 aliphatic carbocycles. The molecule has 1 aliphatic rings. The Labute approximate surface area is 201 Å². The number of methoxy groups -OCH3 is 1. The number of ether oxygens (including phenoxy) is 2. The lowest BCUT2D eigenvalue weighted by Crippen LogP contribution is -2.26. The minimum absolute atomic E-state index is 0.163. The van der Waals surface area contributed by atoms with Crippen LogP contribution in [0, 0.1) is 6.92 Å². The third-order valence-electron chi connectivity index (χ3n) is 5.87. The molecule has 0 spiro atoms. The van der Waals surface area contributed by atoms with Crippen molar-refractivity contribution < 1.29 is 14.0 Å². The number of anilines is 2. The van der Waals surface area contributed by atoms with Crippen LogP contribution in [0.3, 0.4) is 0 Å². The lowest BCUT2D eigenvalue weighted by atomic mass is 9.98. The fourth-order valence-electron chi connectivity index (χ4n) is 4.00. The Balaban J connectivity index is 1.36. The SMILES string of the molecule is COc1cc2c(Nc3ccc(Cl)c(C)c3)ncnc2cc1OCc1noc(C2CCNCC2)n1. The second-order valence-electron chi connectivity index (χ2n) is 8.19. The van der Waals surface area contributed by atoms with Crippen molar-refractivity contribution in [3.63, 3.8) is 0 Å². The number of aryl methyl sites for hydroxylation is 1. The van der Waals surface area contributed by atoms with Gasteiger partial charge in [-0.05, 0) is 62.7 Å². The molecule has 0 saturated carbocycles. The highest BCUT2D eigenvalue weighted by Gasteiger charge is 2.22. The highest BCUT2D eigenvalue weighted by atomic mass is 35.5. The largest absolute Gasteiger partial charge is 0.493 e. The second kappa shape index (κ2) is 9.82. The molecule has 2 aromatic heterocycles. The van der Waals surface area contributed by atoms with Gasteiger partial charge in [0.2, 0.25) is 11.7 Å². The zero-order valence-corrected chi connectivity index (χ0v) is 19.7. The van der Waals surface area contributed by atoms with Crippen LogP contribution in [0.5, 0.6) is 11.5 Å². The van der Waals surface area contributed by atoms with Crippen LogP contribution in [0.2, 0.25) is 5.02 Å². The normalized spacial score (nSPS) is 14.3. The molecule has 1 aliphatic heterocycles. The van der Waals surface area contributed by atoms with Crippen molar-refractivity contribution in [1.29, 1.82) is 0 Å². The van der Waals surface area contributed by atoms with Crippen LogP contribution in [-0.4, -0.2) is 40.3 Å². The van der Waals surface area contributed by atoms with Gasteiger partial charge < -0.3 is 24.6 Å². The van der Waals surface area contributed by atoms with Crippen LogP contribution in [0.1, 0.15) is 36.0 Å². The molecular weight excluding hydrogens is 456 g/mol. The monoisotopic (exact) mass is 480 g/mol. The van der Waals surface area contributed by atoms with Crippen molar-refractivity contribution in [1.82, 2.24) is 25.4 Å². The average molecular weight is 481 g/mol. The number of halogens is 1. The molecule has 34 heavy (non-hydrogen) atoms. The number of aromatic nitrogens is 4. The summed E-state index contributed by atoms with van der Waals surface area (Å²) in [6.45, 7) is 4.04. The molecule has 0 atom stereocenters. The highest BCUT2D eigenvalue weighted by Crippen LogP contribution is 2.35. The van der Waals surface area contributed by atoms with Gasteiger partial charge in [-0.25, -0.2) is 9.97 Å². The van der Waals surface area contributed by atoms with E-state index in [-0.39, 0.29) is 6.61 Å². The molecule has 4 aromatic rings. The van der Waals surface area contributed by atoms with Crippen molar-refractivity contribution in [3.05, 3.63) is 59.0 Å². The van der Waals surface area contributed by atoms with E-state index in [4.69, 9.17) is 25.6 Å². The number of nitrogens with one attached hydrogen (secondary N) is 2. The Morgan fingerprint density at radius 2 is 2.00 bits per heavy atom. The van der Waals surface area contributed by atoms with Crippen LogP contribution in [0.4, 0.5) is 11.5 Å². The number of benzene rings is 2. The standard InChI is InChI=1S/C24H25ClN6O3/c1-14-9-16(3-4-18(14)25)29-23-17-10-20(32-2)21(11-19(17)27-13-28-23)33-12-22-30-24(34-31-22)15-5-7-26-8-6-15/h3-4,9-11,13,15,26H,5-8,12H2,1-2H3,(H,27,28,29). The van der Waals surface area contributed by atoms with E-state index >= 15 is 0 Å². The zero-order valence-electron chi connectivity index (χ0n) is 19.0. The van der Waals surface area contributed by atoms with Gasteiger partial charge in [0.25, 0.3) is 0 Å². The fraction of sp³-hybridized carbons (Fsp3) is 0.333. The Kier molecular flexibility index (Phi) is 6.46. The van der Waals surface area contributed by atoms with E-state index in [1.165, 1.54) is 6.33 Å². The molecule has 9 nitrogen and oxygen atoms in total. The number of nitrogens with zero attached hydrogens (tertiary/aromatic N) is 4. The van der Waals surface area contributed by atoms with Crippen molar-refractivity contribution in [2.75, 3.05) is 25.5 Å². The van der Waals surface area contributed by atoms with E-state index in [0.29, 0.717) is 45.5 Å². The Hall–Kier alpha value is -3.43. The van der Waals surface area contributed by atoms with E-state index < -0.39 is 0 Å². The second-order valence-corrected chi connectivity index (χ2v) is 8.60. The Morgan fingerprint density at radius 1 is 1.15 bits per heavy atom. The molecule has 1 saturated heterocycles. The molecule has 3 heterocycles. The quantitative estimate of drug-likeness (QED) is 0.386. The molecular formula is C24H25ClN6O3. The average Bonchev–Trinajstić information content (AvgIpc) is 3.34. The lowest BCUT2D eigenvalue weighted by Gasteiger charge is -2.18. The van der Waals surface area contributed by atoms with E-state index in [9.17, 15) is 0 Å². The number of hydrogen-bond acceptors (Lipinski definition) is 9. The molecule has 10 heteroatoms. The summed E-state index contributed by atoms with van der Waals surface area (Å²) in [7, 11) is 1.59. The van der Waals surface area contributed by atoms with Gasteiger partial charge in [0.15, 0.2) is 18.1 Å².